The standard InChI is InChI=1S/C15H21ClN2O3S/c1-4-18(5-2)15(20)10-22-9-14(19)17-12-8-11(16)6-7-13(12)21-3/h6-8H,4-5,9-10H2,1-3H3,(H,17,19). The summed E-state index contributed by atoms with van der Waals surface area (Å²) < 4.78 is 5.16. The summed E-state index contributed by atoms with van der Waals surface area (Å²) in [4.78, 5) is 25.5. The van der Waals surface area contributed by atoms with Crippen LogP contribution < -0.4 is 10.1 Å². The number of nitrogens with zero attached hydrogens (tertiary/aromatic N) is 1. The predicted octanol–water partition coefficient (Wildman–Crippen LogP) is 2.89. The van der Waals surface area contributed by atoms with Crippen LogP contribution in [0, 0.1) is 0 Å². The molecule has 22 heavy (non-hydrogen) atoms. The molecule has 1 aromatic carbocycles. The van der Waals surface area contributed by atoms with Gasteiger partial charge in [-0.3, -0.25) is 9.59 Å². The van der Waals surface area contributed by atoms with E-state index < -0.39 is 0 Å². The first-order chi connectivity index (χ1) is 10.5. The Balaban J connectivity index is 2.47. The third-order valence-corrected chi connectivity index (χ3v) is 4.16. The van der Waals surface area contributed by atoms with E-state index in [4.69, 9.17) is 16.3 Å². The summed E-state index contributed by atoms with van der Waals surface area (Å²) in [5.74, 6) is 0.882. The first kappa shape index (κ1) is 18.6. The quantitative estimate of drug-likeness (QED) is 0.787. The molecule has 0 aliphatic carbocycles. The normalized spacial score (nSPS) is 10.2. The molecule has 7 heteroatoms. The number of hydrogen-bond acceptors (Lipinski definition) is 4. The zero-order valence-corrected chi connectivity index (χ0v) is 14.6. The number of ether oxygens (including phenoxy) is 1. The second-order valence-electron chi connectivity index (χ2n) is 4.45. The molecule has 122 valence electrons. The Bertz CT molecular complexity index is 522. The molecule has 0 aromatic heterocycles. The number of hydrogen-bond donors (Lipinski definition) is 1. The fraction of sp³-hybridized carbons (Fsp3) is 0.467. The van der Waals surface area contributed by atoms with Crippen LogP contribution in [0.4, 0.5) is 5.69 Å². The van der Waals surface area contributed by atoms with Crippen molar-refractivity contribution < 1.29 is 14.3 Å². The average molecular weight is 345 g/mol. The molecule has 1 rings (SSSR count). The summed E-state index contributed by atoms with van der Waals surface area (Å²) in [6.45, 7) is 5.23. The molecule has 0 unspecified atom stereocenters. The van der Waals surface area contributed by atoms with E-state index >= 15 is 0 Å². The highest BCUT2D eigenvalue weighted by Crippen LogP contribution is 2.27. The Hall–Kier alpha value is -1.40. The van der Waals surface area contributed by atoms with Crippen LogP contribution in [-0.2, 0) is 9.59 Å². The first-order valence-corrected chi connectivity index (χ1v) is 8.54. The van der Waals surface area contributed by atoms with E-state index in [2.05, 4.69) is 5.32 Å². The molecule has 1 aromatic rings. The maximum absolute atomic E-state index is 11.9. The van der Waals surface area contributed by atoms with Gasteiger partial charge in [0, 0.05) is 18.1 Å². The Morgan fingerprint density at radius 3 is 2.55 bits per heavy atom. The molecule has 0 atom stereocenters. The van der Waals surface area contributed by atoms with Crippen LogP contribution in [0.15, 0.2) is 18.2 Å². The average Bonchev–Trinajstić information content (AvgIpc) is 2.48. The van der Waals surface area contributed by atoms with Gasteiger partial charge in [-0.1, -0.05) is 11.6 Å². The van der Waals surface area contributed by atoms with E-state index in [1.54, 1.807) is 23.1 Å². The van der Waals surface area contributed by atoms with Crippen LogP contribution in [-0.4, -0.2) is 48.4 Å². The number of halogens is 1. The van der Waals surface area contributed by atoms with E-state index in [-0.39, 0.29) is 17.6 Å². The van der Waals surface area contributed by atoms with Crippen molar-refractivity contribution in [1.29, 1.82) is 0 Å². The van der Waals surface area contributed by atoms with E-state index in [9.17, 15) is 9.59 Å². The van der Waals surface area contributed by atoms with Crippen LogP contribution in [0.1, 0.15) is 13.8 Å². The number of carbonyl (C=O) groups excluding carboxylic acids is 2. The SMILES string of the molecule is CCN(CC)C(=O)CSCC(=O)Nc1cc(Cl)ccc1OC. The third kappa shape index (κ3) is 5.77. The topological polar surface area (TPSA) is 58.6 Å². The summed E-state index contributed by atoms with van der Waals surface area (Å²) in [6, 6.07) is 5.01. The minimum Gasteiger partial charge on any atom is -0.495 e. The van der Waals surface area contributed by atoms with E-state index in [0.29, 0.717) is 35.3 Å². The summed E-state index contributed by atoms with van der Waals surface area (Å²) in [7, 11) is 1.52. The van der Waals surface area contributed by atoms with Gasteiger partial charge < -0.3 is 15.0 Å². The monoisotopic (exact) mass is 344 g/mol. The molecule has 0 aliphatic rings. The molecule has 0 saturated carbocycles. The summed E-state index contributed by atoms with van der Waals surface area (Å²) >= 11 is 7.20. The Kier molecular flexibility index (Phi) is 8.12. The second-order valence-corrected chi connectivity index (χ2v) is 5.87. The second kappa shape index (κ2) is 9.58. The summed E-state index contributed by atoms with van der Waals surface area (Å²) in [5.41, 5.74) is 0.524. The van der Waals surface area contributed by atoms with Crippen molar-refractivity contribution in [2.24, 2.45) is 0 Å². The molecule has 0 spiro atoms. The van der Waals surface area contributed by atoms with Gasteiger partial charge in [-0.05, 0) is 32.0 Å². The molecule has 2 amide bonds. The zero-order valence-electron chi connectivity index (χ0n) is 13.0. The largest absolute Gasteiger partial charge is 0.495 e. The van der Waals surface area contributed by atoms with Gasteiger partial charge in [0.2, 0.25) is 11.8 Å². The van der Waals surface area contributed by atoms with Crippen LogP contribution in [0.3, 0.4) is 0 Å². The van der Waals surface area contributed by atoms with Gasteiger partial charge in [0.15, 0.2) is 0 Å². The number of methoxy groups -OCH3 is 1. The maximum Gasteiger partial charge on any atom is 0.234 e. The van der Waals surface area contributed by atoms with Gasteiger partial charge in [0.1, 0.15) is 5.75 Å². The smallest absolute Gasteiger partial charge is 0.234 e. The van der Waals surface area contributed by atoms with E-state index in [0.717, 1.165) is 0 Å². The van der Waals surface area contributed by atoms with Gasteiger partial charge >= 0.3 is 0 Å². The maximum atomic E-state index is 11.9. The lowest BCUT2D eigenvalue weighted by Gasteiger charge is -2.18. The molecule has 0 heterocycles. The van der Waals surface area contributed by atoms with Crippen molar-refractivity contribution in [3.8, 4) is 5.75 Å². The summed E-state index contributed by atoms with van der Waals surface area (Å²) in [5, 5.41) is 3.25. The van der Waals surface area contributed by atoms with Crippen LogP contribution in [0.25, 0.3) is 0 Å². The molecule has 0 radical (unpaired) electrons. The molecule has 0 bridgehead atoms. The van der Waals surface area contributed by atoms with E-state index in [1.807, 2.05) is 13.8 Å². The van der Waals surface area contributed by atoms with Crippen molar-refractivity contribution in [2.75, 3.05) is 37.0 Å². The van der Waals surface area contributed by atoms with Gasteiger partial charge in [-0.15, -0.1) is 11.8 Å². The molecule has 1 N–H and O–H groups in total. The number of nitrogens with one attached hydrogen (secondary N) is 1. The van der Waals surface area contributed by atoms with Crippen LogP contribution in [0.5, 0.6) is 5.75 Å². The van der Waals surface area contributed by atoms with Crippen molar-refractivity contribution in [3.63, 3.8) is 0 Å². The first-order valence-electron chi connectivity index (χ1n) is 7.00. The molecular weight excluding hydrogens is 324 g/mol. The Labute approximate surface area is 140 Å². The van der Waals surface area contributed by atoms with Crippen LogP contribution in [0.2, 0.25) is 5.02 Å². The minimum absolute atomic E-state index is 0.0446. The van der Waals surface area contributed by atoms with Crippen molar-refractivity contribution >= 4 is 40.9 Å². The fourth-order valence-corrected chi connectivity index (χ4v) is 2.75. The summed E-state index contributed by atoms with van der Waals surface area (Å²) in [6.07, 6.45) is 0. The molecular formula is C15H21ClN2O3S. The van der Waals surface area contributed by atoms with Crippen molar-refractivity contribution in [1.82, 2.24) is 4.90 Å². The molecule has 0 aliphatic heterocycles. The van der Waals surface area contributed by atoms with Crippen LogP contribution >= 0.6 is 23.4 Å². The lowest BCUT2D eigenvalue weighted by Crippen LogP contribution is -2.32. The minimum atomic E-state index is -0.196. The van der Waals surface area contributed by atoms with Gasteiger partial charge in [-0.2, -0.15) is 0 Å². The third-order valence-electron chi connectivity index (χ3n) is 3.01. The molecule has 5 nitrogen and oxygen atoms in total. The lowest BCUT2D eigenvalue weighted by atomic mass is 10.3. The zero-order chi connectivity index (χ0) is 16.5. The fourth-order valence-electron chi connectivity index (χ4n) is 1.86. The van der Waals surface area contributed by atoms with Gasteiger partial charge in [0.25, 0.3) is 0 Å². The highest BCUT2D eigenvalue weighted by molar-refractivity contribution is 8.00. The van der Waals surface area contributed by atoms with Gasteiger partial charge in [0.05, 0.1) is 24.3 Å². The van der Waals surface area contributed by atoms with E-state index in [1.165, 1.54) is 18.9 Å². The molecule has 0 saturated heterocycles. The number of anilines is 1. The van der Waals surface area contributed by atoms with Crippen molar-refractivity contribution in [2.45, 2.75) is 13.8 Å². The number of thioether (sulfide) groups is 1. The number of rotatable bonds is 8. The highest BCUT2D eigenvalue weighted by Gasteiger charge is 2.12. The Morgan fingerprint density at radius 2 is 1.95 bits per heavy atom. The number of carbonyl (C=O) groups is 2. The predicted molar refractivity (Wildman–Crippen MR) is 91.9 cm³/mol. The highest BCUT2D eigenvalue weighted by atomic mass is 35.5. The Morgan fingerprint density at radius 1 is 1.27 bits per heavy atom. The lowest BCUT2D eigenvalue weighted by molar-refractivity contribution is -0.127. The number of amides is 2. The van der Waals surface area contributed by atoms with Gasteiger partial charge in [-0.25, -0.2) is 0 Å². The van der Waals surface area contributed by atoms with Crippen molar-refractivity contribution in [3.05, 3.63) is 23.2 Å². The number of benzene rings is 1. The molecule has 0 fully saturated rings.